The monoisotopic (exact) mass is 327 g/mol. The summed E-state index contributed by atoms with van der Waals surface area (Å²) >= 11 is 0. The quantitative estimate of drug-likeness (QED) is 0.675. The van der Waals surface area contributed by atoms with E-state index >= 15 is 0 Å². The summed E-state index contributed by atoms with van der Waals surface area (Å²) < 4.78 is 0. The smallest absolute Gasteiger partial charge is 0.270 e. The van der Waals surface area contributed by atoms with Crippen LogP contribution in [-0.2, 0) is 4.79 Å². The van der Waals surface area contributed by atoms with E-state index in [2.05, 4.69) is 5.32 Å². The highest BCUT2D eigenvalue weighted by atomic mass is 16.6. The van der Waals surface area contributed by atoms with Crippen LogP contribution in [0.4, 0.5) is 11.4 Å². The molecular weight excluding hydrogens is 310 g/mol. The molecule has 0 heterocycles. The number of nitro groups is 1. The number of nitro benzene ring substituents is 1. The number of nitrogens with zero attached hydrogens (tertiary/aromatic N) is 2. The Kier molecular flexibility index (Phi) is 5.26. The van der Waals surface area contributed by atoms with Crippen LogP contribution in [0, 0.1) is 17.0 Å². The fourth-order valence-electron chi connectivity index (χ4n) is 2.10. The molecule has 124 valence electrons. The van der Waals surface area contributed by atoms with Gasteiger partial charge < -0.3 is 10.2 Å². The van der Waals surface area contributed by atoms with Gasteiger partial charge in [0.1, 0.15) is 0 Å². The van der Waals surface area contributed by atoms with Gasteiger partial charge in [-0.15, -0.1) is 0 Å². The van der Waals surface area contributed by atoms with Gasteiger partial charge in [-0.1, -0.05) is 23.8 Å². The number of amides is 2. The second-order valence-corrected chi connectivity index (χ2v) is 5.38. The van der Waals surface area contributed by atoms with Crippen molar-refractivity contribution in [2.24, 2.45) is 0 Å². The van der Waals surface area contributed by atoms with Gasteiger partial charge in [0, 0.05) is 30.4 Å². The van der Waals surface area contributed by atoms with Crippen molar-refractivity contribution in [3.8, 4) is 0 Å². The van der Waals surface area contributed by atoms with Crippen molar-refractivity contribution >= 4 is 23.2 Å². The molecule has 0 saturated carbocycles. The number of anilines is 1. The number of likely N-dealkylation sites (N-methyl/N-ethyl adjacent to an activating group) is 1. The van der Waals surface area contributed by atoms with Crippen molar-refractivity contribution in [1.29, 1.82) is 0 Å². The number of hydrogen-bond donors (Lipinski definition) is 1. The summed E-state index contributed by atoms with van der Waals surface area (Å²) in [6.07, 6.45) is 0. The first kappa shape index (κ1) is 17.1. The van der Waals surface area contributed by atoms with E-state index in [1.54, 1.807) is 12.1 Å². The number of non-ortho nitro benzene ring substituents is 1. The van der Waals surface area contributed by atoms with Crippen LogP contribution < -0.4 is 5.32 Å². The predicted molar refractivity (Wildman–Crippen MR) is 89.9 cm³/mol. The van der Waals surface area contributed by atoms with Gasteiger partial charge in [-0.2, -0.15) is 0 Å². The first-order chi connectivity index (χ1) is 11.4. The molecular formula is C17H17N3O4. The van der Waals surface area contributed by atoms with Gasteiger partial charge in [0.05, 0.1) is 11.5 Å². The van der Waals surface area contributed by atoms with Crippen LogP contribution in [0.3, 0.4) is 0 Å². The normalized spacial score (nSPS) is 10.1. The van der Waals surface area contributed by atoms with E-state index in [9.17, 15) is 19.7 Å². The van der Waals surface area contributed by atoms with Gasteiger partial charge in [-0.05, 0) is 25.1 Å². The third-order valence-corrected chi connectivity index (χ3v) is 3.37. The summed E-state index contributed by atoms with van der Waals surface area (Å²) in [5.41, 5.74) is 1.71. The molecule has 0 atom stereocenters. The summed E-state index contributed by atoms with van der Waals surface area (Å²) in [6, 6.07) is 12.7. The van der Waals surface area contributed by atoms with Gasteiger partial charge in [0.15, 0.2) is 0 Å². The fourth-order valence-corrected chi connectivity index (χ4v) is 2.10. The lowest BCUT2D eigenvalue weighted by Crippen LogP contribution is -2.34. The molecule has 0 aliphatic rings. The minimum atomic E-state index is -0.569. The zero-order valence-electron chi connectivity index (χ0n) is 13.4. The fraction of sp³-hybridized carbons (Fsp3) is 0.176. The predicted octanol–water partition coefficient (Wildman–Crippen LogP) is 2.61. The molecule has 24 heavy (non-hydrogen) atoms. The topological polar surface area (TPSA) is 92.6 Å². The second-order valence-electron chi connectivity index (χ2n) is 5.38. The molecule has 0 radical (unpaired) electrons. The van der Waals surface area contributed by atoms with E-state index in [4.69, 9.17) is 0 Å². The molecule has 7 heteroatoms. The molecule has 0 fully saturated rings. The van der Waals surface area contributed by atoms with Crippen molar-refractivity contribution in [3.63, 3.8) is 0 Å². The maximum atomic E-state index is 12.3. The highest BCUT2D eigenvalue weighted by molar-refractivity contribution is 5.99. The molecule has 2 rings (SSSR count). The Labute approximate surface area is 139 Å². The second kappa shape index (κ2) is 7.36. The SMILES string of the molecule is Cc1ccc(NC(=O)CN(C)C(=O)c2cccc([N+](=O)[O-])c2)cc1. The van der Waals surface area contributed by atoms with E-state index in [0.29, 0.717) is 5.69 Å². The molecule has 7 nitrogen and oxygen atoms in total. The molecule has 0 aliphatic heterocycles. The van der Waals surface area contributed by atoms with Crippen molar-refractivity contribution in [2.45, 2.75) is 6.92 Å². The number of rotatable bonds is 5. The Bertz CT molecular complexity index is 772. The average Bonchev–Trinajstić information content (AvgIpc) is 2.56. The molecule has 0 saturated heterocycles. The zero-order valence-corrected chi connectivity index (χ0v) is 13.4. The molecule has 0 bridgehead atoms. The number of benzene rings is 2. The number of carbonyl (C=O) groups is 2. The molecule has 0 unspecified atom stereocenters. The number of nitrogens with one attached hydrogen (secondary N) is 1. The Balaban J connectivity index is 2.00. The molecule has 0 spiro atoms. The third-order valence-electron chi connectivity index (χ3n) is 3.37. The van der Waals surface area contributed by atoms with E-state index in [1.165, 1.54) is 36.2 Å². The first-order valence-corrected chi connectivity index (χ1v) is 7.23. The van der Waals surface area contributed by atoms with Crippen molar-refractivity contribution in [1.82, 2.24) is 4.90 Å². The van der Waals surface area contributed by atoms with E-state index in [1.807, 2.05) is 19.1 Å². The summed E-state index contributed by atoms with van der Waals surface area (Å²) in [7, 11) is 1.47. The molecule has 0 aliphatic carbocycles. The lowest BCUT2D eigenvalue weighted by atomic mass is 10.2. The van der Waals surface area contributed by atoms with Crippen molar-refractivity contribution < 1.29 is 14.5 Å². The van der Waals surface area contributed by atoms with E-state index < -0.39 is 10.8 Å². The Morgan fingerprint density at radius 1 is 1.17 bits per heavy atom. The summed E-state index contributed by atoms with van der Waals surface area (Å²) in [5.74, 6) is -0.808. The van der Waals surface area contributed by atoms with Crippen LogP contribution in [0.25, 0.3) is 0 Å². The molecule has 2 aromatic rings. The van der Waals surface area contributed by atoms with Crippen LogP contribution in [0.1, 0.15) is 15.9 Å². The highest BCUT2D eigenvalue weighted by Gasteiger charge is 2.17. The largest absolute Gasteiger partial charge is 0.332 e. The standard InChI is InChI=1S/C17H17N3O4/c1-12-6-8-14(9-7-12)18-16(21)11-19(2)17(22)13-4-3-5-15(10-13)20(23)24/h3-10H,11H2,1-2H3,(H,18,21). The Morgan fingerprint density at radius 3 is 2.46 bits per heavy atom. The summed E-state index contributed by atoms with van der Waals surface area (Å²) in [6.45, 7) is 1.78. The van der Waals surface area contributed by atoms with Crippen molar-refractivity contribution in [3.05, 3.63) is 69.8 Å². The van der Waals surface area contributed by atoms with Crippen LogP contribution >= 0.6 is 0 Å². The molecule has 2 amide bonds. The van der Waals surface area contributed by atoms with Gasteiger partial charge in [-0.3, -0.25) is 19.7 Å². The van der Waals surface area contributed by atoms with Gasteiger partial charge in [-0.25, -0.2) is 0 Å². The van der Waals surface area contributed by atoms with E-state index in [-0.39, 0.29) is 23.7 Å². The minimum Gasteiger partial charge on any atom is -0.332 e. The number of aryl methyl sites for hydroxylation is 1. The van der Waals surface area contributed by atoms with E-state index in [0.717, 1.165) is 5.56 Å². The first-order valence-electron chi connectivity index (χ1n) is 7.23. The van der Waals surface area contributed by atoms with Crippen LogP contribution in [0.15, 0.2) is 48.5 Å². The Hall–Kier alpha value is -3.22. The van der Waals surface area contributed by atoms with Gasteiger partial charge in [0.25, 0.3) is 11.6 Å². The summed E-state index contributed by atoms with van der Waals surface area (Å²) in [5, 5.41) is 13.5. The number of hydrogen-bond acceptors (Lipinski definition) is 4. The van der Waals surface area contributed by atoms with Crippen LogP contribution in [-0.4, -0.2) is 35.2 Å². The average molecular weight is 327 g/mol. The molecule has 2 aromatic carbocycles. The highest BCUT2D eigenvalue weighted by Crippen LogP contribution is 2.14. The third kappa shape index (κ3) is 4.39. The minimum absolute atomic E-state index is 0.157. The van der Waals surface area contributed by atoms with Crippen LogP contribution in [0.5, 0.6) is 0 Å². The molecule has 1 N–H and O–H groups in total. The Morgan fingerprint density at radius 2 is 1.83 bits per heavy atom. The zero-order chi connectivity index (χ0) is 17.7. The lowest BCUT2D eigenvalue weighted by molar-refractivity contribution is -0.384. The van der Waals surface area contributed by atoms with Crippen molar-refractivity contribution in [2.75, 3.05) is 18.9 Å². The maximum absolute atomic E-state index is 12.3. The molecule has 0 aromatic heterocycles. The maximum Gasteiger partial charge on any atom is 0.270 e. The summed E-state index contributed by atoms with van der Waals surface area (Å²) in [4.78, 5) is 35.7. The van der Waals surface area contributed by atoms with Gasteiger partial charge in [0.2, 0.25) is 5.91 Å². The lowest BCUT2D eigenvalue weighted by Gasteiger charge is -2.17. The van der Waals surface area contributed by atoms with Gasteiger partial charge >= 0.3 is 0 Å². The number of carbonyl (C=O) groups excluding carboxylic acids is 2. The van der Waals surface area contributed by atoms with Crippen LogP contribution in [0.2, 0.25) is 0 Å².